The van der Waals surface area contributed by atoms with Crippen molar-refractivity contribution in [1.82, 2.24) is 9.99 Å². The number of anilines is 1. The van der Waals surface area contributed by atoms with Crippen LogP contribution in [0.25, 0.3) is 5.69 Å². The highest BCUT2D eigenvalue weighted by Crippen LogP contribution is 2.24. The number of amides is 1. The summed E-state index contributed by atoms with van der Waals surface area (Å²) in [5.74, 6) is -0.207. The van der Waals surface area contributed by atoms with Gasteiger partial charge in [-0.3, -0.25) is 4.79 Å². The first-order valence-electron chi connectivity index (χ1n) is 10.6. The lowest BCUT2D eigenvalue weighted by atomic mass is 10.2. The number of hydrogen-bond acceptors (Lipinski definition) is 3. The Bertz CT molecular complexity index is 1130. The van der Waals surface area contributed by atoms with Gasteiger partial charge in [-0.2, -0.15) is 5.10 Å². The second-order valence-corrected chi connectivity index (χ2v) is 8.89. The van der Waals surface area contributed by atoms with Crippen LogP contribution in [0.5, 0.6) is 0 Å². The van der Waals surface area contributed by atoms with Crippen molar-refractivity contribution in [2.75, 3.05) is 18.0 Å². The standard InChI is InChI=1S/C25H27BrN4O/c1-17-14-23(10-11-24(17)26)30-18(2)15-21(19(30)3)16-27-28-25(31)20-6-8-22(9-7-20)29-12-4-5-13-29/h6-11,14-16H,4-5,12-13H2,1-3H3,(H,28,31)/b27-16-. The molecule has 5 nitrogen and oxygen atoms in total. The lowest BCUT2D eigenvalue weighted by molar-refractivity contribution is 0.0955. The molecule has 1 aromatic heterocycles. The Morgan fingerprint density at radius 1 is 1.00 bits per heavy atom. The van der Waals surface area contributed by atoms with Crippen LogP contribution in [0.2, 0.25) is 0 Å². The van der Waals surface area contributed by atoms with E-state index >= 15 is 0 Å². The molecule has 1 aliphatic heterocycles. The monoisotopic (exact) mass is 478 g/mol. The molecule has 2 aromatic carbocycles. The molecule has 0 spiro atoms. The summed E-state index contributed by atoms with van der Waals surface area (Å²) < 4.78 is 3.29. The van der Waals surface area contributed by atoms with E-state index in [2.05, 4.69) is 81.0 Å². The minimum absolute atomic E-state index is 0.207. The minimum Gasteiger partial charge on any atom is -0.372 e. The van der Waals surface area contributed by atoms with Crippen LogP contribution >= 0.6 is 15.9 Å². The van der Waals surface area contributed by atoms with Crippen molar-refractivity contribution < 1.29 is 4.79 Å². The number of halogens is 1. The third kappa shape index (κ3) is 4.59. The molecule has 0 unspecified atom stereocenters. The summed E-state index contributed by atoms with van der Waals surface area (Å²) in [5, 5.41) is 4.20. The van der Waals surface area contributed by atoms with E-state index in [0.717, 1.165) is 40.2 Å². The molecule has 0 radical (unpaired) electrons. The van der Waals surface area contributed by atoms with Crippen molar-refractivity contribution in [1.29, 1.82) is 0 Å². The van der Waals surface area contributed by atoms with Crippen LogP contribution < -0.4 is 10.3 Å². The molecular weight excluding hydrogens is 452 g/mol. The largest absolute Gasteiger partial charge is 0.372 e. The number of nitrogens with one attached hydrogen (secondary N) is 1. The molecule has 6 heteroatoms. The molecule has 2 heterocycles. The highest BCUT2D eigenvalue weighted by atomic mass is 79.9. The molecule has 1 fully saturated rings. The van der Waals surface area contributed by atoms with Gasteiger partial charge in [-0.15, -0.1) is 0 Å². The number of carbonyl (C=O) groups excluding carboxylic acids is 1. The molecule has 3 aromatic rings. The Labute approximate surface area is 191 Å². The molecule has 1 aliphatic rings. The molecule has 160 valence electrons. The SMILES string of the molecule is Cc1cc(-n2c(C)cc(/C=N\NC(=O)c3ccc(N4CCCC4)cc3)c2C)ccc1Br. The van der Waals surface area contributed by atoms with E-state index in [9.17, 15) is 4.79 Å². The van der Waals surface area contributed by atoms with Crippen LogP contribution in [0.1, 0.15) is 45.7 Å². The highest BCUT2D eigenvalue weighted by Gasteiger charge is 2.13. The summed E-state index contributed by atoms with van der Waals surface area (Å²) in [6, 6.07) is 16.1. The quantitative estimate of drug-likeness (QED) is 0.387. The van der Waals surface area contributed by atoms with Gasteiger partial charge in [0.2, 0.25) is 0 Å². The second kappa shape index (κ2) is 9.10. The Morgan fingerprint density at radius 2 is 1.68 bits per heavy atom. The molecule has 1 N–H and O–H groups in total. The number of carbonyl (C=O) groups is 1. The third-order valence-corrected chi connectivity index (χ3v) is 6.73. The zero-order chi connectivity index (χ0) is 22.0. The van der Waals surface area contributed by atoms with Gasteiger partial charge in [-0.25, -0.2) is 5.43 Å². The van der Waals surface area contributed by atoms with Gasteiger partial charge in [0.15, 0.2) is 0 Å². The fourth-order valence-corrected chi connectivity index (χ4v) is 4.35. The molecule has 0 atom stereocenters. The van der Waals surface area contributed by atoms with Crippen molar-refractivity contribution in [3.05, 3.63) is 81.1 Å². The number of aromatic nitrogens is 1. The number of aryl methyl sites for hydroxylation is 2. The fraction of sp³-hybridized carbons (Fsp3) is 0.280. The number of nitrogens with zero attached hydrogens (tertiary/aromatic N) is 3. The Kier molecular flexibility index (Phi) is 6.28. The Balaban J connectivity index is 1.45. The predicted octanol–water partition coefficient (Wildman–Crippen LogP) is 5.53. The predicted molar refractivity (Wildman–Crippen MR) is 131 cm³/mol. The molecule has 1 amide bonds. The minimum atomic E-state index is -0.207. The van der Waals surface area contributed by atoms with Crippen molar-refractivity contribution in [2.45, 2.75) is 33.6 Å². The molecular formula is C25H27BrN4O. The van der Waals surface area contributed by atoms with Gasteiger partial charge in [0, 0.05) is 51.5 Å². The summed E-state index contributed by atoms with van der Waals surface area (Å²) in [7, 11) is 0. The molecule has 4 rings (SSSR count). The average molecular weight is 479 g/mol. The number of hydrogen-bond donors (Lipinski definition) is 1. The third-order valence-electron chi connectivity index (χ3n) is 5.84. The van der Waals surface area contributed by atoms with Gasteiger partial charge in [0.1, 0.15) is 0 Å². The first kappa shape index (κ1) is 21.4. The summed E-state index contributed by atoms with van der Waals surface area (Å²) in [6.07, 6.45) is 4.18. The second-order valence-electron chi connectivity index (χ2n) is 8.04. The molecule has 1 saturated heterocycles. The molecule has 0 aliphatic carbocycles. The van der Waals surface area contributed by atoms with Crippen LogP contribution in [-0.2, 0) is 0 Å². The summed E-state index contributed by atoms with van der Waals surface area (Å²) in [6.45, 7) is 8.40. The lowest BCUT2D eigenvalue weighted by Gasteiger charge is -2.17. The van der Waals surface area contributed by atoms with Crippen molar-refractivity contribution >= 4 is 33.7 Å². The normalized spacial score (nSPS) is 13.9. The van der Waals surface area contributed by atoms with E-state index in [1.165, 1.54) is 24.1 Å². The Hall–Kier alpha value is -2.86. The van der Waals surface area contributed by atoms with Crippen LogP contribution in [0, 0.1) is 20.8 Å². The molecule has 0 bridgehead atoms. The van der Waals surface area contributed by atoms with Crippen molar-refractivity contribution in [3.63, 3.8) is 0 Å². The maximum atomic E-state index is 12.5. The summed E-state index contributed by atoms with van der Waals surface area (Å²) in [5.41, 5.74) is 9.89. The van der Waals surface area contributed by atoms with Gasteiger partial charge in [-0.1, -0.05) is 15.9 Å². The zero-order valence-electron chi connectivity index (χ0n) is 18.2. The van der Waals surface area contributed by atoms with Crippen molar-refractivity contribution in [3.8, 4) is 5.69 Å². The lowest BCUT2D eigenvalue weighted by Crippen LogP contribution is -2.19. The van der Waals surface area contributed by atoms with Crippen LogP contribution in [0.3, 0.4) is 0 Å². The van der Waals surface area contributed by atoms with E-state index in [0.29, 0.717) is 5.56 Å². The topological polar surface area (TPSA) is 49.6 Å². The highest BCUT2D eigenvalue weighted by molar-refractivity contribution is 9.10. The smallest absolute Gasteiger partial charge is 0.271 e. The maximum absolute atomic E-state index is 12.5. The van der Waals surface area contributed by atoms with E-state index < -0.39 is 0 Å². The van der Waals surface area contributed by atoms with E-state index in [4.69, 9.17) is 0 Å². The molecule has 0 saturated carbocycles. The van der Waals surface area contributed by atoms with Crippen LogP contribution in [0.4, 0.5) is 5.69 Å². The van der Waals surface area contributed by atoms with E-state index in [1.54, 1.807) is 6.21 Å². The summed E-state index contributed by atoms with van der Waals surface area (Å²) in [4.78, 5) is 14.8. The van der Waals surface area contributed by atoms with Gasteiger partial charge >= 0.3 is 0 Å². The average Bonchev–Trinajstić information content (AvgIpc) is 3.39. The Morgan fingerprint density at radius 3 is 2.35 bits per heavy atom. The fourth-order valence-electron chi connectivity index (χ4n) is 4.11. The van der Waals surface area contributed by atoms with Gasteiger partial charge < -0.3 is 9.47 Å². The summed E-state index contributed by atoms with van der Waals surface area (Å²) >= 11 is 3.56. The number of rotatable bonds is 5. The van der Waals surface area contributed by atoms with Gasteiger partial charge in [0.25, 0.3) is 5.91 Å². The molecule has 31 heavy (non-hydrogen) atoms. The van der Waals surface area contributed by atoms with Crippen LogP contribution in [0.15, 0.2) is 58.1 Å². The number of benzene rings is 2. The number of hydrazone groups is 1. The van der Waals surface area contributed by atoms with Crippen molar-refractivity contribution in [2.24, 2.45) is 5.10 Å². The van der Waals surface area contributed by atoms with E-state index in [1.807, 2.05) is 24.3 Å². The van der Waals surface area contributed by atoms with E-state index in [-0.39, 0.29) is 5.91 Å². The maximum Gasteiger partial charge on any atom is 0.271 e. The first-order valence-corrected chi connectivity index (χ1v) is 11.4. The van der Waals surface area contributed by atoms with Gasteiger partial charge in [-0.05, 0) is 87.7 Å². The zero-order valence-corrected chi connectivity index (χ0v) is 19.7. The van der Waals surface area contributed by atoms with Gasteiger partial charge in [0.05, 0.1) is 6.21 Å². The first-order chi connectivity index (χ1) is 14.9. The van der Waals surface area contributed by atoms with Crippen LogP contribution in [-0.4, -0.2) is 29.8 Å².